The van der Waals surface area contributed by atoms with Gasteiger partial charge in [-0.15, -0.1) is 0 Å². The maximum Gasteiger partial charge on any atom is 0.118 e. The van der Waals surface area contributed by atoms with Crippen LogP contribution in [0.2, 0.25) is 0 Å². The normalized spacial score (nSPS) is 17.7. The van der Waals surface area contributed by atoms with E-state index in [0.717, 1.165) is 34.6 Å². The second-order valence-corrected chi connectivity index (χ2v) is 7.07. The van der Waals surface area contributed by atoms with E-state index >= 15 is 0 Å². The largest absolute Gasteiger partial charge is 0.545 e. The highest BCUT2D eigenvalue weighted by molar-refractivity contribution is 6.05. The Morgan fingerprint density at radius 1 is 1.15 bits per heavy atom. The van der Waals surface area contributed by atoms with Gasteiger partial charge in [-0.25, -0.2) is 4.98 Å². The molecule has 27 heavy (non-hydrogen) atoms. The minimum absolute atomic E-state index is 0.280. The molecule has 0 radical (unpaired) electrons. The van der Waals surface area contributed by atoms with E-state index in [1.807, 2.05) is 42.5 Å². The summed E-state index contributed by atoms with van der Waals surface area (Å²) in [6.45, 7) is 2.14. The average molecular weight is 358 g/mol. The lowest BCUT2D eigenvalue weighted by molar-refractivity contribution is -0.254. The van der Waals surface area contributed by atoms with E-state index in [1.165, 1.54) is 0 Å². The fourth-order valence-corrected chi connectivity index (χ4v) is 3.87. The quantitative estimate of drug-likeness (QED) is 0.716. The predicted molar refractivity (Wildman–Crippen MR) is 104 cm³/mol. The first-order valence-electron chi connectivity index (χ1n) is 9.04. The second-order valence-electron chi connectivity index (χ2n) is 7.07. The van der Waals surface area contributed by atoms with Crippen molar-refractivity contribution in [3.8, 4) is 5.75 Å². The Bertz CT molecular complexity index is 1050. The number of para-hydroxylation sites is 1. The van der Waals surface area contributed by atoms with Crippen LogP contribution in [0, 0.1) is 5.92 Å². The lowest BCUT2D eigenvalue weighted by Gasteiger charge is -2.27. The SMILES string of the molecule is COc1ccc(/C=C2\C[C@@H](C)Cc3c2nc2ccccc2c3C(=O)[O-])cc1. The molecule has 0 N–H and O–H groups in total. The van der Waals surface area contributed by atoms with Crippen molar-refractivity contribution in [3.63, 3.8) is 0 Å². The van der Waals surface area contributed by atoms with Gasteiger partial charge in [-0.3, -0.25) is 0 Å². The van der Waals surface area contributed by atoms with E-state index in [2.05, 4.69) is 13.0 Å². The van der Waals surface area contributed by atoms with Crippen LogP contribution in [0.15, 0.2) is 48.5 Å². The van der Waals surface area contributed by atoms with Crippen molar-refractivity contribution in [2.24, 2.45) is 5.92 Å². The fraction of sp³-hybridized carbons (Fsp3) is 0.217. The van der Waals surface area contributed by atoms with Crippen molar-refractivity contribution in [1.82, 2.24) is 4.98 Å². The van der Waals surface area contributed by atoms with Gasteiger partial charge in [0.15, 0.2) is 0 Å². The van der Waals surface area contributed by atoms with Crippen LogP contribution >= 0.6 is 0 Å². The first-order valence-corrected chi connectivity index (χ1v) is 9.04. The molecule has 4 nitrogen and oxygen atoms in total. The Kier molecular flexibility index (Phi) is 4.40. The van der Waals surface area contributed by atoms with Crippen molar-refractivity contribution in [3.05, 3.63) is 70.9 Å². The minimum atomic E-state index is -1.14. The Morgan fingerprint density at radius 2 is 1.89 bits per heavy atom. The summed E-state index contributed by atoms with van der Waals surface area (Å²) in [5.41, 5.74) is 4.63. The molecule has 0 spiro atoms. The van der Waals surface area contributed by atoms with Gasteiger partial charge in [0.2, 0.25) is 0 Å². The number of aromatic nitrogens is 1. The average Bonchev–Trinajstić information content (AvgIpc) is 2.66. The number of allylic oxidation sites excluding steroid dienone is 1. The molecule has 1 aliphatic carbocycles. The number of hydrogen-bond acceptors (Lipinski definition) is 4. The molecule has 1 aliphatic rings. The van der Waals surface area contributed by atoms with Crippen LogP contribution in [0.4, 0.5) is 0 Å². The third-order valence-corrected chi connectivity index (χ3v) is 5.08. The first kappa shape index (κ1) is 17.3. The molecule has 0 saturated heterocycles. The van der Waals surface area contributed by atoms with Crippen molar-refractivity contribution in [1.29, 1.82) is 0 Å². The van der Waals surface area contributed by atoms with Crippen LogP contribution in [-0.4, -0.2) is 18.1 Å². The van der Waals surface area contributed by atoms with Gasteiger partial charge >= 0.3 is 0 Å². The van der Waals surface area contributed by atoms with Gasteiger partial charge in [-0.05, 0) is 59.7 Å². The highest BCUT2D eigenvalue weighted by atomic mass is 16.5. The molecule has 0 unspecified atom stereocenters. The van der Waals surface area contributed by atoms with Crippen LogP contribution in [-0.2, 0) is 6.42 Å². The predicted octanol–water partition coefficient (Wildman–Crippen LogP) is 3.73. The maximum absolute atomic E-state index is 12.0. The molecule has 2 aromatic carbocycles. The van der Waals surface area contributed by atoms with Gasteiger partial charge in [0.25, 0.3) is 0 Å². The molecule has 0 bridgehead atoms. The summed E-state index contributed by atoms with van der Waals surface area (Å²) in [6.07, 6.45) is 3.64. The molecule has 4 rings (SSSR count). The van der Waals surface area contributed by atoms with E-state index in [-0.39, 0.29) is 5.56 Å². The van der Waals surface area contributed by atoms with Crippen LogP contribution in [0.3, 0.4) is 0 Å². The number of methoxy groups -OCH3 is 1. The summed E-state index contributed by atoms with van der Waals surface area (Å²) < 4.78 is 5.22. The van der Waals surface area contributed by atoms with Crippen LogP contribution in [0.25, 0.3) is 22.6 Å². The zero-order valence-corrected chi connectivity index (χ0v) is 15.4. The number of carboxylic acid groups (broad SMARTS) is 1. The summed E-state index contributed by atoms with van der Waals surface area (Å²) in [7, 11) is 1.64. The van der Waals surface area contributed by atoms with Gasteiger partial charge in [-0.1, -0.05) is 37.3 Å². The highest BCUT2D eigenvalue weighted by Gasteiger charge is 2.25. The van der Waals surface area contributed by atoms with Gasteiger partial charge in [0.1, 0.15) is 5.75 Å². The third-order valence-electron chi connectivity index (χ3n) is 5.08. The van der Waals surface area contributed by atoms with Crippen molar-refractivity contribution in [2.45, 2.75) is 19.8 Å². The monoisotopic (exact) mass is 358 g/mol. The van der Waals surface area contributed by atoms with Gasteiger partial charge in [0, 0.05) is 10.9 Å². The lowest BCUT2D eigenvalue weighted by atomic mass is 9.80. The van der Waals surface area contributed by atoms with Crippen LogP contribution in [0.1, 0.15) is 40.5 Å². The smallest absolute Gasteiger partial charge is 0.118 e. The van der Waals surface area contributed by atoms with Crippen LogP contribution in [0.5, 0.6) is 5.75 Å². The first-order chi connectivity index (χ1) is 13.1. The highest BCUT2D eigenvalue weighted by Crippen LogP contribution is 2.38. The van der Waals surface area contributed by atoms with Gasteiger partial charge < -0.3 is 14.6 Å². The standard InChI is InChI=1S/C23H21NO3/c1-14-11-16(13-15-7-9-17(27-2)10-8-15)22-19(12-14)21(23(25)26)18-5-3-4-6-20(18)24-22/h3-10,13-14H,11-12H2,1-2H3,(H,25,26)/p-1/b16-13+/t14-/m1/s1. The summed E-state index contributed by atoms with van der Waals surface area (Å²) in [6, 6.07) is 15.2. The summed E-state index contributed by atoms with van der Waals surface area (Å²) >= 11 is 0. The summed E-state index contributed by atoms with van der Waals surface area (Å²) in [4.78, 5) is 16.8. The maximum atomic E-state index is 12.0. The van der Waals surface area contributed by atoms with E-state index in [4.69, 9.17) is 9.72 Å². The van der Waals surface area contributed by atoms with Gasteiger partial charge in [0.05, 0.1) is 24.3 Å². The molecule has 1 heterocycles. The number of aromatic carboxylic acids is 1. The van der Waals surface area contributed by atoms with Crippen molar-refractivity contribution < 1.29 is 14.6 Å². The molecule has 0 fully saturated rings. The van der Waals surface area contributed by atoms with E-state index < -0.39 is 5.97 Å². The lowest BCUT2D eigenvalue weighted by Crippen LogP contribution is -2.27. The van der Waals surface area contributed by atoms with Crippen LogP contribution < -0.4 is 9.84 Å². The summed E-state index contributed by atoms with van der Waals surface area (Å²) in [5, 5.41) is 12.6. The Balaban J connectivity index is 1.93. The zero-order valence-electron chi connectivity index (χ0n) is 15.4. The molecule has 0 amide bonds. The number of carboxylic acids is 1. The molecular formula is C23H20NO3-. The molecule has 1 atom stereocenters. The topological polar surface area (TPSA) is 62.2 Å². The summed E-state index contributed by atoms with van der Waals surface area (Å²) in [5.74, 6) is 0.00345. The molecule has 1 aromatic heterocycles. The second kappa shape index (κ2) is 6.88. The molecular weight excluding hydrogens is 338 g/mol. The molecule has 136 valence electrons. The number of pyridine rings is 1. The Hall–Kier alpha value is -3.14. The van der Waals surface area contributed by atoms with Crippen molar-refractivity contribution >= 4 is 28.5 Å². The number of hydrogen-bond donors (Lipinski definition) is 0. The van der Waals surface area contributed by atoms with Crippen molar-refractivity contribution in [2.75, 3.05) is 7.11 Å². The molecule has 4 heteroatoms. The molecule has 0 saturated carbocycles. The third kappa shape index (κ3) is 3.19. The number of fused-ring (bicyclic) bond motifs is 2. The Morgan fingerprint density at radius 3 is 2.59 bits per heavy atom. The number of nitrogens with zero attached hydrogens (tertiary/aromatic N) is 1. The number of benzene rings is 2. The zero-order chi connectivity index (χ0) is 19.0. The number of ether oxygens (including phenoxy) is 1. The van der Waals surface area contributed by atoms with E-state index in [1.54, 1.807) is 13.2 Å². The molecule has 3 aromatic rings. The number of rotatable bonds is 3. The van der Waals surface area contributed by atoms with E-state index in [0.29, 0.717) is 23.2 Å². The molecule has 0 aliphatic heterocycles. The number of carbonyl (C=O) groups excluding carboxylic acids is 1. The minimum Gasteiger partial charge on any atom is -0.545 e. The van der Waals surface area contributed by atoms with E-state index in [9.17, 15) is 9.90 Å². The number of carbonyl (C=O) groups is 1. The fourth-order valence-electron chi connectivity index (χ4n) is 3.87. The van der Waals surface area contributed by atoms with Gasteiger partial charge in [-0.2, -0.15) is 0 Å². The Labute approximate surface area is 158 Å².